The van der Waals surface area contributed by atoms with E-state index in [1.165, 1.54) is 0 Å². The maximum Gasteiger partial charge on any atom is 0.148 e. The molecule has 0 spiro atoms. The molecule has 6 nitrogen and oxygen atoms in total. The second-order valence-corrected chi connectivity index (χ2v) is 6.98. The molecule has 1 N–H and O–H groups in total. The molecule has 6 heteroatoms. The van der Waals surface area contributed by atoms with Crippen LogP contribution in [0.3, 0.4) is 0 Å². The van der Waals surface area contributed by atoms with Gasteiger partial charge in [-0.25, -0.2) is 9.97 Å². The molecular weight excluding hydrogens is 354 g/mol. The van der Waals surface area contributed by atoms with Crippen LogP contribution in [0.15, 0.2) is 18.2 Å². The van der Waals surface area contributed by atoms with Crippen LogP contribution in [-0.4, -0.2) is 49.0 Å². The summed E-state index contributed by atoms with van der Waals surface area (Å²) in [7, 11) is 1.68. The van der Waals surface area contributed by atoms with Gasteiger partial charge < -0.3 is 19.5 Å². The van der Waals surface area contributed by atoms with Gasteiger partial charge in [-0.1, -0.05) is 13.8 Å². The van der Waals surface area contributed by atoms with Gasteiger partial charge >= 0.3 is 0 Å². The first-order chi connectivity index (χ1) is 13.6. The lowest BCUT2D eigenvalue weighted by atomic mass is 10.0. The van der Waals surface area contributed by atoms with E-state index in [2.05, 4.69) is 32.2 Å². The number of ether oxygens (including phenoxy) is 3. The summed E-state index contributed by atoms with van der Waals surface area (Å²) < 4.78 is 16.7. The van der Waals surface area contributed by atoms with Crippen LogP contribution in [-0.2, 0) is 22.3 Å². The van der Waals surface area contributed by atoms with Crippen LogP contribution in [0.5, 0.6) is 5.75 Å². The summed E-state index contributed by atoms with van der Waals surface area (Å²) in [5.41, 5.74) is 5.13. The second-order valence-electron chi connectivity index (χ2n) is 6.98. The lowest BCUT2D eigenvalue weighted by Gasteiger charge is -2.22. The zero-order valence-corrected chi connectivity index (χ0v) is 17.5. The highest BCUT2D eigenvalue weighted by Crippen LogP contribution is 2.30. The molecule has 2 atom stereocenters. The molecule has 1 aliphatic heterocycles. The molecule has 1 saturated heterocycles. The molecule has 2 aromatic rings. The SMILES string of the molecule is CCO[C@@H]1COC[C@H]1Nc1nc(CC)c(-c2ccc(OC)cc2C)nc1CC. The van der Waals surface area contributed by atoms with Crippen LogP contribution in [0.25, 0.3) is 11.3 Å². The van der Waals surface area contributed by atoms with Crippen molar-refractivity contribution in [3.05, 3.63) is 35.2 Å². The number of nitrogens with zero attached hydrogens (tertiary/aromatic N) is 2. The van der Waals surface area contributed by atoms with Crippen molar-refractivity contribution >= 4 is 5.82 Å². The van der Waals surface area contributed by atoms with Gasteiger partial charge in [-0.05, 0) is 50.5 Å². The Morgan fingerprint density at radius 3 is 2.54 bits per heavy atom. The summed E-state index contributed by atoms with van der Waals surface area (Å²) in [6.07, 6.45) is 1.65. The van der Waals surface area contributed by atoms with Crippen molar-refractivity contribution in [1.29, 1.82) is 0 Å². The Bertz CT molecular complexity index is 810. The molecule has 0 unspecified atom stereocenters. The molecule has 1 aromatic carbocycles. The van der Waals surface area contributed by atoms with Crippen molar-refractivity contribution in [2.75, 3.05) is 32.2 Å². The van der Waals surface area contributed by atoms with Gasteiger partial charge in [-0.3, -0.25) is 0 Å². The lowest BCUT2D eigenvalue weighted by molar-refractivity contribution is 0.0478. The maximum atomic E-state index is 5.80. The third-order valence-electron chi connectivity index (χ3n) is 5.13. The molecule has 0 saturated carbocycles. The van der Waals surface area contributed by atoms with Crippen LogP contribution >= 0.6 is 0 Å². The summed E-state index contributed by atoms with van der Waals surface area (Å²) in [6, 6.07) is 6.18. The van der Waals surface area contributed by atoms with E-state index >= 15 is 0 Å². The average molecular weight is 386 g/mol. The molecule has 152 valence electrons. The van der Waals surface area contributed by atoms with E-state index < -0.39 is 0 Å². The smallest absolute Gasteiger partial charge is 0.148 e. The van der Waals surface area contributed by atoms with Crippen molar-refractivity contribution in [3.63, 3.8) is 0 Å². The minimum Gasteiger partial charge on any atom is -0.497 e. The zero-order valence-electron chi connectivity index (χ0n) is 17.5. The minimum atomic E-state index is 0.0464. The van der Waals surface area contributed by atoms with E-state index in [0.717, 1.165) is 52.6 Å². The van der Waals surface area contributed by atoms with E-state index in [0.29, 0.717) is 19.8 Å². The lowest BCUT2D eigenvalue weighted by Crippen LogP contribution is -2.35. The molecule has 28 heavy (non-hydrogen) atoms. The zero-order chi connectivity index (χ0) is 20.1. The number of anilines is 1. The molecule has 1 fully saturated rings. The quantitative estimate of drug-likeness (QED) is 0.746. The summed E-state index contributed by atoms with van der Waals surface area (Å²) in [6.45, 7) is 10.2. The van der Waals surface area contributed by atoms with E-state index in [4.69, 9.17) is 24.2 Å². The number of rotatable bonds is 8. The molecule has 0 aliphatic carbocycles. The van der Waals surface area contributed by atoms with Crippen molar-refractivity contribution in [3.8, 4) is 17.0 Å². The fourth-order valence-corrected chi connectivity index (χ4v) is 3.58. The Kier molecular flexibility index (Phi) is 6.86. The van der Waals surface area contributed by atoms with Gasteiger partial charge in [-0.2, -0.15) is 0 Å². The fourth-order valence-electron chi connectivity index (χ4n) is 3.58. The van der Waals surface area contributed by atoms with E-state index in [1.54, 1.807) is 7.11 Å². The number of hydrogen-bond donors (Lipinski definition) is 1. The fraction of sp³-hybridized carbons (Fsp3) is 0.545. The highest BCUT2D eigenvalue weighted by molar-refractivity contribution is 5.68. The number of benzene rings is 1. The molecule has 0 radical (unpaired) electrons. The highest BCUT2D eigenvalue weighted by atomic mass is 16.5. The summed E-state index contributed by atoms with van der Waals surface area (Å²) in [5.74, 6) is 1.69. The minimum absolute atomic E-state index is 0.0464. The average Bonchev–Trinajstić information content (AvgIpc) is 3.14. The van der Waals surface area contributed by atoms with Gasteiger partial charge in [0.05, 0.1) is 43.4 Å². The molecule has 1 aromatic heterocycles. The number of nitrogens with one attached hydrogen (secondary N) is 1. The number of aryl methyl sites for hydroxylation is 3. The van der Waals surface area contributed by atoms with Crippen LogP contribution in [0.2, 0.25) is 0 Å². The van der Waals surface area contributed by atoms with Gasteiger partial charge in [0.1, 0.15) is 17.7 Å². The van der Waals surface area contributed by atoms with Gasteiger partial charge in [-0.15, -0.1) is 0 Å². The molecule has 0 amide bonds. The predicted octanol–water partition coefficient (Wildman–Crippen LogP) is 3.80. The van der Waals surface area contributed by atoms with Gasteiger partial charge in [0.15, 0.2) is 0 Å². The normalized spacial score (nSPS) is 19.0. The summed E-state index contributed by atoms with van der Waals surface area (Å²) >= 11 is 0. The maximum absolute atomic E-state index is 5.80. The Balaban J connectivity index is 1.96. The standard InChI is InChI=1S/C22H31N3O3/c1-6-17-21(16-10-9-15(26-5)11-14(16)4)23-18(7-2)22(24-17)25-19-12-27-13-20(19)28-8-3/h9-11,19-20H,6-8,12-13H2,1-5H3,(H,24,25)/t19-,20-/m1/s1. The first-order valence-electron chi connectivity index (χ1n) is 10.1. The van der Waals surface area contributed by atoms with Crippen LogP contribution in [0, 0.1) is 6.92 Å². The second kappa shape index (κ2) is 9.34. The van der Waals surface area contributed by atoms with E-state index in [1.807, 2.05) is 19.1 Å². The summed E-state index contributed by atoms with van der Waals surface area (Å²) in [5, 5.41) is 3.54. The first kappa shape index (κ1) is 20.6. The largest absolute Gasteiger partial charge is 0.497 e. The first-order valence-corrected chi connectivity index (χ1v) is 10.1. The third-order valence-corrected chi connectivity index (χ3v) is 5.13. The monoisotopic (exact) mass is 385 g/mol. The number of aromatic nitrogens is 2. The van der Waals surface area contributed by atoms with Crippen molar-refractivity contribution < 1.29 is 14.2 Å². The number of hydrogen-bond acceptors (Lipinski definition) is 6. The third kappa shape index (κ3) is 4.28. The van der Waals surface area contributed by atoms with Crippen LogP contribution < -0.4 is 10.1 Å². The van der Waals surface area contributed by atoms with Gasteiger partial charge in [0, 0.05) is 12.2 Å². The molecule has 0 bridgehead atoms. The molecular formula is C22H31N3O3. The Labute approximate surface area is 167 Å². The van der Waals surface area contributed by atoms with Crippen molar-refractivity contribution in [2.45, 2.75) is 52.7 Å². The Morgan fingerprint density at radius 1 is 1.11 bits per heavy atom. The number of methoxy groups -OCH3 is 1. The van der Waals surface area contributed by atoms with Crippen molar-refractivity contribution in [1.82, 2.24) is 9.97 Å². The van der Waals surface area contributed by atoms with Crippen LogP contribution in [0.4, 0.5) is 5.82 Å². The van der Waals surface area contributed by atoms with Gasteiger partial charge in [0.25, 0.3) is 0 Å². The topological polar surface area (TPSA) is 65.5 Å². The van der Waals surface area contributed by atoms with Crippen LogP contribution in [0.1, 0.15) is 37.7 Å². The molecule has 2 heterocycles. The molecule has 3 rings (SSSR count). The molecule has 1 aliphatic rings. The van der Waals surface area contributed by atoms with Crippen molar-refractivity contribution in [2.24, 2.45) is 0 Å². The highest BCUT2D eigenvalue weighted by Gasteiger charge is 2.30. The van der Waals surface area contributed by atoms with E-state index in [9.17, 15) is 0 Å². The Morgan fingerprint density at radius 2 is 1.89 bits per heavy atom. The summed E-state index contributed by atoms with van der Waals surface area (Å²) in [4.78, 5) is 9.98. The predicted molar refractivity (Wildman–Crippen MR) is 111 cm³/mol. The van der Waals surface area contributed by atoms with E-state index in [-0.39, 0.29) is 12.1 Å². The Hall–Kier alpha value is -2.18. The van der Waals surface area contributed by atoms with Gasteiger partial charge in [0.2, 0.25) is 0 Å².